The molecule has 0 amide bonds. The Morgan fingerprint density at radius 3 is 2.61 bits per heavy atom. The maximum Gasteiger partial charge on any atom is 0.223 e. The Morgan fingerprint density at radius 2 is 1.79 bits per heavy atom. The molecule has 7 heteroatoms. The third-order valence-corrected chi connectivity index (χ3v) is 5.89. The summed E-state index contributed by atoms with van der Waals surface area (Å²) in [6.07, 6.45) is 6.46. The number of hydrogen-bond acceptors (Lipinski definition) is 6. The quantitative estimate of drug-likeness (QED) is 0.401. The first-order chi connectivity index (χ1) is 15.8. The maximum atomic E-state index is 5.85. The molecular weight excluding hydrogens is 432 g/mol. The fraction of sp³-hybridized carbons (Fsp3) is 0.192. The lowest BCUT2D eigenvalue weighted by atomic mass is 9.96. The molecule has 0 saturated heterocycles. The molecule has 6 nitrogen and oxygen atoms in total. The zero-order chi connectivity index (χ0) is 21.8. The largest absolute Gasteiger partial charge is 0.353 e. The lowest BCUT2D eigenvalue weighted by Gasteiger charge is -2.26. The summed E-state index contributed by atoms with van der Waals surface area (Å²) in [6.45, 7) is 2.14. The van der Waals surface area contributed by atoms with Crippen LogP contribution in [0.15, 0.2) is 79.3 Å². The van der Waals surface area contributed by atoms with Gasteiger partial charge in [0.1, 0.15) is 0 Å². The highest BCUT2D eigenvalue weighted by atomic mass is 35.5. The van der Waals surface area contributed by atoms with Gasteiger partial charge in [-0.2, -0.15) is 0 Å². The van der Waals surface area contributed by atoms with Crippen LogP contribution in [0.25, 0.3) is 22.4 Å². The number of benzene rings is 2. The van der Waals surface area contributed by atoms with E-state index in [2.05, 4.69) is 57.0 Å². The lowest BCUT2D eigenvalue weighted by Crippen LogP contribution is -2.40. The van der Waals surface area contributed by atoms with Crippen LogP contribution in [0.4, 0.5) is 5.95 Å². The van der Waals surface area contributed by atoms with E-state index in [0.29, 0.717) is 18.5 Å². The molecule has 0 fully saturated rings. The molecule has 4 N–H and O–H groups in total. The minimum atomic E-state index is 0. The molecule has 4 aromatic rings. The summed E-state index contributed by atoms with van der Waals surface area (Å²) in [5.74, 6) is 0.621. The van der Waals surface area contributed by atoms with E-state index in [1.165, 1.54) is 11.1 Å². The molecule has 2 aromatic heterocycles. The first kappa shape index (κ1) is 22.9. The fourth-order valence-electron chi connectivity index (χ4n) is 4.15. The number of nitrogens with two attached hydrogens (primary N) is 1. The first-order valence-corrected chi connectivity index (χ1v) is 10.9. The number of fused-ring (bicyclic) bond motifs is 1. The highest BCUT2D eigenvalue weighted by Gasteiger charge is 2.18. The summed E-state index contributed by atoms with van der Waals surface area (Å²) in [5.41, 5.74) is 13.6. The van der Waals surface area contributed by atoms with Crippen molar-refractivity contribution in [1.29, 1.82) is 0 Å². The Kier molecular flexibility index (Phi) is 7.29. The zero-order valence-electron chi connectivity index (χ0n) is 18.2. The van der Waals surface area contributed by atoms with Crippen molar-refractivity contribution in [3.63, 3.8) is 0 Å². The van der Waals surface area contributed by atoms with Gasteiger partial charge in [0.25, 0.3) is 0 Å². The van der Waals surface area contributed by atoms with Crippen molar-refractivity contribution < 1.29 is 0 Å². The van der Waals surface area contributed by atoms with E-state index in [0.717, 1.165) is 47.5 Å². The molecule has 168 valence electrons. The molecule has 0 aliphatic carbocycles. The molecule has 2 aromatic carbocycles. The normalized spacial score (nSPS) is 14.8. The smallest absolute Gasteiger partial charge is 0.223 e. The Balaban J connectivity index is 0.00000259. The minimum absolute atomic E-state index is 0. The summed E-state index contributed by atoms with van der Waals surface area (Å²) < 4.78 is 0. The Hall–Kier alpha value is -3.32. The van der Waals surface area contributed by atoms with Crippen molar-refractivity contribution in [2.75, 3.05) is 11.9 Å². The number of anilines is 1. The van der Waals surface area contributed by atoms with Gasteiger partial charge < -0.3 is 16.4 Å². The highest BCUT2D eigenvalue weighted by Crippen LogP contribution is 2.31. The lowest BCUT2D eigenvalue weighted by molar-refractivity contribution is 0.496. The maximum absolute atomic E-state index is 5.85. The van der Waals surface area contributed by atoms with Gasteiger partial charge in [-0.25, -0.2) is 9.97 Å². The molecular formula is C26H27ClN6. The second-order valence-corrected chi connectivity index (χ2v) is 8.03. The Labute approximate surface area is 200 Å². The van der Waals surface area contributed by atoms with E-state index < -0.39 is 0 Å². The van der Waals surface area contributed by atoms with Crippen molar-refractivity contribution in [2.45, 2.75) is 25.6 Å². The van der Waals surface area contributed by atoms with Gasteiger partial charge >= 0.3 is 0 Å². The summed E-state index contributed by atoms with van der Waals surface area (Å²) >= 11 is 0. The average Bonchev–Trinajstić information content (AvgIpc) is 2.87. The molecule has 3 heterocycles. The van der Waals surface area contributed by atoms with Crippen LogP contribution in [0, 0.1) is 0 Å². The number of aromatic nitrogens is 3. The van der Waals surface area contributed by atoms with Gasteiger partial charge in [0.2, 0.25) is 5.95 Å². The average molecular weight is 459 g/mol. The molecule has 0 unspecified atom stereocenters. The summed E-state index contributed by atoms with van der Waals surface area (Å²) in [7, 11) is 0. The Bertz CT molecular complexity index is 1210. The van der Waals surface area contributed by atoms with Crippen molar-refractivity contribution in [2.24, 2.45) is 5.73 Å². The van der Waals surface area contributed by atoms with E-state index in [-0.39, 0.29) is 12.4 Å². The van der Waals surface area contributed by atoms with Gasteiger partial charge in [-0.3, -0.25) is 4.98 Å². The summed E-state index contributed by atoms with van der Waals surface area (Å²) in [4.78, 5) is 13.7. The van der Waals surface area contributed by atoms with Gasteiger partial charge in [0.05, 0.1) is 5.69 Å². The van der Waals surface area contributed by atoms with Crippen LogP contribution >= 0.6 is 12.4 Å². The monoisotopic (exact) mass is 458 g/mol. The zero-order valence-corrected chi connectivity index (χ0v) is 19.1. The van der Waals surface area contributed by atoms with Crippen LogP contribution < -0.4 is 16.4 Å². The van der Waals surface area contributed by atoms with Gasteiger partial charge in [-0.15, -0.1) is 12.4 Å². The molecule has 0 bridgehead atoms. The fourth-order valence-corrected chi connectivity index (χ4v) is 4.15. The number of rotatable bonds is 6. The van der Waals surface area contributed by atoms with Crippen LogP contribution in [0.3, 0.4) is 0 Å². The van der Waals surface area contributed by atoms with Crippen LogP contribution in [-0.2, 0) is 19.5 Å². The molecule has 5 rings (SSSR count). The predicted molar refractivity (Wildman–Crippen MR) is 135 cm³/mol. The van der Waals surface area contributed by atoms with E-state index in [1.807, 2.05) is 30.5 Å². The van der Waals surface area contributed by atoms with Crippen molar-refractivity contribution >= 4 is 18.4 Å². The SMILES string of the molecule is Cl.NCc1cccc(-c2cnc(NC[C@@H]3Cc4ccccc4CN3)nc2-c2ccncc2)c1. The number of pyridine rings is 1. The summed E-state index contributed by atoms with van der Waals surface area (Å²) in [6, 6.07) is 21.1. The highest BCUT2D eigenvalue weighted by molar-refractivity contribution is 5.85. The molecule has 1 aliphatic heterocycles. The van der Waals surface area contributed by atoms with Gasteiger partial charge in [0.15, 0.2) is 0 Å². The van der Waals surface area contributed by atoms with Crippen molar-refractivity contribution in [3.05, 3.63) is 95.9 Å². The van der Waals surface area contributed by atoms with E-state index in [1.54, 1.807) is 12.4 Å². The third-order valence-electron chi connectivity index (χ3n) is 5.89. The number of hydrogen-bond donors (Lipinski definition) is 3. The van der Waals surface area contributed by atoms with Crippen LogP contribution in [-0.4, -0.2) is 27.5 Å². The topological polar surface area (TPSA) is 88.8 Å². The number of halogens is 1. The van der Waals surface area contributed by atoms with Gasteiger partial charge in [-0.05, 0) is 46.9 Å². The second kappa shape index (κ2) is 10.5. The number of nitrogens with one attached hydrogen (secondary N) is 2. The van der Waals surface area contributed by atoms with Gasteiger partial charge in [0, 0.05) is 55.4 Å². The molecule has 1 atom stereocenters. The van der Waals surface area contributed by atoms with Crippen molar-refractivity contribution in [3.8, 4) is 22.4 Å². The molecule has 33 heavy (non-hydrogen) atoms. The molecule has 1 aliphatic rings. The molecule has 0 spiro atoms. The Morgan fingerprint density at radius 1 is 0.970 bits per heavy atom. The standard InChI is InChI=1S/C26H26N6.ClH/c27-14-18-4-3-7-21(12-18)24-17-31-26(32-25(24)19-8-10-28-11-9-19)30-16-23-13-20-5-1-2-6-22(20)15-29-23;/h1-12,17,23,29H,13-16,27H2,(H,30,31,32);1H/t23-;/m0./s1. The molecule has 0 radical (unpaired) electrons. The van der Waals surface area contributed by atoms with E-state index in [9.17, 15) is 0 Å². The second-order valence-electron chi connectivity index (χ2n) is 8.03. The molecule has 0 saturated carbocycles. The minimum Gasteiger partial charge on any atom is -0.353 e. The van der Waals surface area contributed by atoms with E-state index >= 15 is 0 Å². The van der Waals surface area contributed by atoms with E-state index in [4.69, 9.17) is 10.7 Å². The number of nitrogens with zero attached hydrogens (tertiary/aromatic N) is 3. The van der Waals surface area contributed by atoms with Crippen molar-refractivity contribution in [1.82, 2.24) is 20.3 Å². The first-order valence-electron chi connectivity index (χ1n) is 10.9. The van der Waals surface area contributed by atoms with Gasteiger partial charge in [-0.1, -0.05) is 42.5 Å². The van der Waals surface area contributed by atoms with Crippen LogP contribution in [0.5, 0.6) is 0 Å². The summed E-state index contributed by atoms with van der Waals surface area (Å²) in [5, 5.41) is 7.04. The third kappa shape index (κ3) is 5.20. The van der Waals surface area contributed by atoms with Crippen LogP contribution in [0.1, 0.15) is 16.7 Å². The predicted octanol–water partition coefficient (Wildman–Crippen LogP) is 4.21. The van der Waals surface area contributed by atoms with Crippen LogP contribution in [0.2, 0.25) is 0 Å².